The molecular weight excluding hydrogens is 683 g/mol. The first-order valence-corrected chi connectivity index (χ1v) is 19.1. The molecule has 10 aromatic carbocycles. The van der Waals surface area contributed by atoms with Crippen molar-refractivity contribution in [2.24, 2.45) is 0 Å². The highest BCUT2D eigenvalue weighted by Gasteiger charge is 2.23. The normalized spacial score (nSPS) is 12.3. The molecular formula is C52H29N3O. The smallest absolute Gasteiger partial charge is 0.235 e. The quantitative estimate of drug-likeness (QED) is 0.168. The number of nitrogens with zero attached hydrogens (tertiary/aromatic N) is 3. The van der Waals surface area contributed by atoms with Crippen molar-refractivity contribution in [3.63, 3.8) is 0 Å². The fourth-order valence-electron chi connectivity index (χ4n) is 9.48. The third-order valence-electron chi connectivity index (χ3n) is 11.9. The molecule has 258 valence electrons. The highest BCUT2D eigenvalue weighted by atomic mass is 16.3. The maximum Gasteiger partial charge on any atom is 0.235 e. The van der Waals surface area contributed by atoms with Crippen molar-refractivity contribution in [2.45, 2.75) is 0 Å². The number of rotatable bonds is 2. The summed E-state index contributed by atoms with van der Waals surface area (Å²) in [6.07, 6.45) is 0. The average molecular weight is 712 g/mol. The zero-order chi connectivity index (χ0) is 36.5. The molecule has 0 fully saturated rings. The van der Waals surface area contributed by atoms with E-state index >= 15 is 0 Å². The van der Waals surface area contributed by atoms with E-state index in [1.165, 1.54) is 53.9 Å². The van der Waals surface area contributed by atoms with Gasteiger partial charge in [-0.15, -0.1) is 0 Å². The van der Waals surface area contributed by atoms with Crippen molar-refractivity contribution in [1.29, 1.82) is 0 Å². The summed E-state index contributed by atoms with van der Waals surface area (Å²) in [7, 11) is 0. The van der Waals surface area contributed by atoms with Crippen LogP contribution >= 0.6 is 0 Å². The number of benzene rings is 10. The maximum atomic E-state index is 6.27. The minimum atomic E-state index is 0.639. The molecule has 3 aromatic heterocycles. The van der Waals surface area contributed by atoms with Crippen LogP contribution in [-0.2, 0) is 0 Å². The van der Waals surface area contributed by atoms with E-state index in [4.69, 9.17) is 14.4 Å². The molecule has 0 aliphatic heterocycles. The molecule has 0 aliphatic carbocycles. The summed E-state index contributed by atoms with van der Waals surface area (Å²) < 4.78 is 8.57. The van der Waals surface area contributed by atoms with Gasteiger partial charge in [0.15, 0.2) is 0 Å². The third kappa shape index (κ3) is 4.02. The zero-order valence-electron chi connectivity index (χ0n) is 30.0. The first-order valence-electron chi connectivity index (χ1n) is 19.1. The Bertz CT molecular complexity index is 3800. The molecule has 4 heteroatoms. The largest absolute Gasteiger partial charge is 0.456 e. The van der Waals surface area contributed by atoms with Gasteiger partial charge in [0.25, 0.3) is 0 Å². The van der Waals surface area contributed by atoms with Crippen LogP contribution in [0.4, 0.5) is 0 Å². The summed E-state index contributed by atoms with van der Waals surface area (Å²) in [6, 6.07) is 63.1. The first kappa shape index (κ1) is 29.8. The van der Waals surface area contributed by atoms with Gasteiger partial charge in [0, 0.05) is 37.9 Å². The Hall–Kier alpha value is -7.56. The molecule has 3 heterocycles. The molecule has 0 saturated heterocycles. The fraction of sp³-hybridized carbons (Fsp3) is 0. The SMILES string of the molecule is c1ccc2cc3c(cc2c1)c1c2c4ccccc4c4ccccc4c2ccc1n3-c1nc(-c2ccc3oc4ccccc4c3c2)c2c(ccc3ccccc32)n1. The van der Waals surface area contributed by atoms with E-state index in [0.29, 0.717) is 5.95 Å². The lowest BCUT2D eigenvalue weighted by Gasteiger charge is -2.14. The fourth-order valence-corrected chi connectivity index (χ4v) is 9.48. The number of aromatic nitrogens is 3. The van der Waals surface area contributed by atoms with Crippen LogP contribution in [0.15, 0.2) is 180 Å². The van der Waals surface area contributed by atoms with Crippen molar-refractivity contribution in [1.82, 2.24) is 14.5 Å². The molecule has 0 atom stereocenters. The van der Waals surface area contributed by atoms with E-state index in [1.54, 1.807) is 0 Å². The Labute approximate surface area is 319 Å². The Morgan fingerprint density at radius 1 is 0.357 bits per heavy atom. The lowest BCUT2D eigenvalue weighted by Crippen LogP contribution is -2.04. The number of hydrogen-bond donors (Lipinski definition) is 0. The number of hydrogen-bond acceptors (Lipinski definition) is 3. The molecule has 13 aromatic rings. The minimum absolute atomic E-state index is 0.639. The van der Waals surface area contributed by atoms with E-state index < -0.39 is 0 Å². The molecule has 0 N–H and O–H groups in total. The lowest BCUT2D eigenvalue weighted by atomic mass is 9.91. The topological polar surface area (TPSA) is 43.9 Å². The molecule has 56 heavy (non-hydrogen) atoms. The van der Waals surface area contributed by atoms with Crippen molar-refractivity contribution in [3.05, 3.63) is 176 Å². The van der Waals surface area contributed by atoms with Gasteiger partial charge >= 0.3 is 0 Å². The van der Waals surface area contributed by atoms with Crippen molar-refractivity contribution in [3.8, 4) is 17.2 Å². The molecule has 0 unspecified atom stereocenters. The summed E-state index contributed by atoms with van der Waals surface area (Å²) in [5.41, 5.74) is 6.69. The van der Waals surface area contributed by atoms with E-state index in [9.17, 15) is 0 Å². The maximum absolute atomic E-state index is 6.27. The average Bonchev–Trinajstić information content (AvgIpc) is 3.80. The van der Waals surface area contributed by atoms with Gasteiger partial charge in [0.05, 0.1) is 22.2 Å². The number of furan rings is 1. The van der Waals surface area contributed by atoms with Gasteiger partial charge < -0.3 is 4.42 Å². The van der Waals surface area contributed by atoms with E-state index in [-0.39, 0.29) is 0 Å². The van der Waals surface area contributed by atoms with Gasteiger partial charge in [-0.25, -0.2) is 9.97 Å². The Morgan fingerprint density at radius 2 is 0.982 bits per heavy atom. The Kier molecular flexibility index (Phi) is 5.86. The number of para-hydroxylation sites is 1. The van der Waals surface area contributed by atoms with Gasteiger partial charge in [-0.05, 0) is 97.0 Å². The Balaban J connectivity index is 1.21. The summed E-state index contributed by atoms with van der Waals surface area (Å²) in [6.45, 7) is 0. The monoisotopic (exact) mass is 711 g/mol. The molecule has 0 saturated carbocycles. The molecule has 4 nitrogen and oxygen atoms in total. The van der Waals surface area contributed by atoms with E-state index in [2.05, 4.69) is 168 Å². The van der Waals surface area contributed by atoms with Crippen LogP contribution in [-0.4, -0.2) is 14.5 Å². The predicted molar refractivity (Wildman–Crippen MR) is 234 cm³/mol. The van der Waals surface area contributed by atoms with E-state index in [0.717, 1.165) is 65.9 Å². The second-order valence-corrected chi connectivity index (χ2v) is 14.9. The van der Waals surface area contributed by atoms with Gasteiger partial charge in [0.2, 0.25) is 5.95 Å². The molecule has 0 radical (unpaired) electrons. The zero-order valence-corrected chi connectivity index (χ0v) is 30.0. The van der Waals surface area contributed by atoms with Crippen LogP contribution in [0.2, 0.25) is 0 Å². The summed E-state index contributed by atoms with van der Waals surface area (Å²) in [5.74, 6) is 0.639. The van der Waals surface area contributed by atoms with Crippen molar-refractivity contribution < 1.29 is 4.42 Å². The van der Waals surface area contributed by atoms with Gasteiger partial charge in [0.1, 0.15) is 11.2 Å². The second kappa shape index (κ2) is 11.0. The van der Waals surface area contributed by atoms with Crippen LogP contribution in [0.5, 0.6) is 0 Å². The second-order valence-electron chi connectivity index (χ2n) is 14.9. The minimum Gasteiger partial charge on any atom is -0.456 e. The van der Waals surface area contributed by atoms with Crippen molar-refractivity contribution in [2.75, 3.05) is 0 Å². The highest BCUT2D eigenvalue weighted by molar-refractivity contribution is 6.35. The highest BCUT2D eigenvalue weighted by Crippen LogP contribution is 2.45. The van der Waals surface area contributed by atoms with Gasteiger partial charge in [-0.3, -0.25) is 4.57 Å². The van der Waals surface area contributed by atoms with E-state index in [1.807, 2.05) is 12.1 Å². The first-order chi connectivity index (χ1) is 27.8. The Morgan fingerprint density at radius 3 is 1.79 bits per heavy atom. The summed E-state index contributed by atoms with van der Waals surface area (Å²) >= 11 is 0. The molecule has 0 spiro atoms. The van der Waals surface area contributed by atoms with Crippen LogP contribution < -0.4 is 0 Å². The molecule has 13 rings (SSSR count). The van der Waals surface area contributed by atoms with Crippen LogP contribution in [0.1, 0.15) is 0 Å². The van der Waals surface area contributed by atoms with Crippen molar-refractivity contribution >= 4 is 109 Å². The number of fused-ring (bicyclic) bond motifs is 17. The molecule has 0 amide bonds. The van der Waals surface area contributed by atoms with Crippen LogP contribution in [0, 0.1) is 0 Å². The summed E-state index contributed by atoms with van der Waals surface area (Å²) in [5, 5.41) is 17.7. The van der Waals surface area contributed by atoms with Crippen LogP contribution in [0.25, 0.3) is 126 Å². The predicted octanol–water partition coefficient (Wildman–Crippen LogP) is 14.1. The molecule has 0 bridgehead atoms. The third-order valence-corrected chi connectivity index (χ3v) is 11.9. The van der Waals surface area contributed by atoms with Crippen LogP contribution in [0.3, 0.4) is 0 Å². The standard InChI is InChI=1S/C52H29N3O/c1-2-13-32-29-45-42(27-31(32)12-1)50-44(25-23-40-37-17-6-5-15-35(37)36-16-7-8-19-39(36)48(40)50)55(45)52-53-43-24-21-30-11-3-4-14-34(30)49(43)51(54-52)33-22-26-47-41(28-33)38-18-9-10-20-46(38)56-47/h1-29H. The lowest BCUT2D eigenvalue weighted by molar-refractivity contribution is 0.669. The molecule has 0 aliphatic rings. The van der Waals surface area contributed by atoms with Gasteiger partial charge in [-0.1, -0.05) is 127 Å². The van der Waals surface area contributed by atoms with Gasteiger partial charge in [-0.2, -0.15) is 0 Å². The summed E-state index contributed by atoms with van der Waals surface area (Å²) in [4.78, 5) is 11.1.